The number of ether oxygens (including phenoxy) is 1. The van der Waals surface area contributed by atoms with Crippen molar-refractivity contribution < 1.29 is 18.8 Å². The summed E-state index contributed by atoms with van der Waals surface area (Å²) in [5.41, 5.74) is 1.37. The number of benzene rings is 1. The molecule has 3 aliphatic rings. The zero-order valence-corrected chi connectivity index (χ0v) is 17.7. The molecular formula is C22H32BNO4. The van der Waals surface area contributed by atoms with Gasteiger partial charge in [-0.2, -0.15) is 0 Å². The Balaban J connectivity index is 1.38. The first-order valence-electron chi connectivity index (χ1n) is 10.4. The number of fused-ring (bicyclic) bond motifs is 2. The van der Waals surface area contributed by atoms with Crippen LogP contribution in [-0.2, 0) is 25.3 Å². The monoisotopic (exact) mass is 385 g/mol. The Kier molecular flexibility index (Phi) is 5.19. The summed E-state index contributed by atoms with van der Waals surface area (Å²) in [6.07, 6.45) is 2.33. The third-order valence-electron chi connectivity index (χ3n) is 7.22. The molecular weight excluding hydrogens is 353 g/mol. The molecule has 2 atom stereocenters. The minimum atomic E-state index is -0.358. The van der Waals surface area contributed by atoms with E-state index in [1.54, 1.807) is 0 Å². The molecule has 1 aromatic rings. The molecule has 3 fully saturated rings. The molecule has 5 nitrogen and oxygen atoms in total. The standard InChI is InChI=1S/C22H32BNO4/c1-21(2)22(3,4)28-23(27-21)17-8-6-15(7-9-17)10-20(25)16-11-18-13-26-14-19(12-16)24(18)5/h6-9,16,18-19H,10-14H2,1-5H3. The van der Waals surface area contributed by atoms with Crippen LogP contribution in [-0.4, -0.2) is 61.3 Å². The van der Waals surface area contributed by atoms with Crippen molar-refractivity contribution in [2.75, 3.05) is 20.3 Å². The number of ketones is 1. The summed E-state index contributed by atoms with van der Waals surface area (Å²) in [4.78, 5) is 15.3. The Morgan fingerprint density at radius 1 is 1.04 bits per heavy atom. The fraction of sp³-hybridized carbons (Fsp3) is 0.682. The van der Waals surface area contributed by atoms with Crippen LogP contribution in [0.3, 0.4) is 0 Å². The summed E-state index contributed by atoms with van der Waals surface area (Å²) in [6, 6.07) is 8.90. The maximum absolute atomic E-state index is 12.9. The largest absolute Gasteiger partial charge is 0.494 e. The summed E-state index contributed by atoms with van der Waals surface area (Å²) in [5, 5.41) is 0. The van der Waals surface area contributed by atoms with Gasteiger partial charge in [0.15, 0.2) is 0 Å². The highest BCUT2D eigenvalue weighted by atomic mass is 16.7. The molecule has 0 radical (unpaired) electrons. The van der Waals surface area contributed by atoms with Gasteiger partial charge >= 0.3 is 7.12 Å². The van der Waals surface area contributed by atoms with Crippen molar-refractivity contribution in [3.63, 3.8) is 0 Å². The zero-order chi connectivity index (χ0) is 20.1. The van der Waals surface area contributed by atoms with Crippen LogP contribution >= 0.6 is 0 Å². The van der Waals surface area contributed by atoms with Gasteiger partial charge in [0.1, 0.15) is 5.78 Å². The quantitative estimate of drug-likeness (QED) is 0.744. The van der Waals surface area contributed by atoms with Crippen molar-refractivity contribution in [2.45, 2.75) is 70.2 Å². The molecule has 3 saturated heterocycles. The highest BCUT2D eigenvalue weighted by Crippen LogP contribution is 2.36. The first-order chi connectivity index (χ1) is 13.2. The van der Waals surface area contributed by atoms with E-state index >= 15 is 0 Å². The molecule has 4 rings (SSSR count). The van der Waals surface area contributed by atoms with Crippen LogP contribution in [0.15, 0.2) is 24.3 Å². The van der Waals surface area contributed by atoms with Gasteiger partial charge in [0.05, 0.1) is 24.4 Å². The van der Waals surface area contributed by atoms with Crippen LogP contribution < -0.4 is 5.46 Å². The van der Waals surface area contributed by atoms with Crippen molar-refractivity contribution in [1.29, 1.82) is 0 Å². The van der Waals surface area contributed by atoms with Gasteiger partial charge in [-0.3, -0.25) is 9.69 Å². The van der Waals surface area contributed by atoms with Crippen LogP contribution in [0.5, 0.6) is 0 Å². The second-order valence-electron chi connectivity index (χ2n) is 9.65. The van der Waals surface area contributed by atoms with Crippen molar-refractivity contribution in [1.82, 2.24) is 4.90 Å². The molecule has 2 unspecified atom stereocenters. The number of nitrogens with zero attached hydrogens (tertiary/aromatic N) is 1. The van der Waals surface area contributed by atoms with Crippen LogP contribution in [0.2, 0.25) is 0 Å². The molecule has 3 aliphatic heterocycles. The van der Waals surface area contributed by atoms with Crippen molar-refractivity contribution in [3.05, 3.63) is 29.8 Å². The molecule has 152 valence electrons. The molecule has 0 N–H and O–H groups in total. The van der Waals surface area contributed by atoms with E-state index in [4.69, 9.17) is 14.0 Å². The van der Waals surface area contributed by atoms with Crippen LogP contribution in [0.4, 0.5) is 0 Å². The molecule has 3 heterocycles. The lowest BCUT2D eigenvalue weighted by Gasteiger charge is -2.46. The third kappa shape index (κ3) is 3.68. The first kappa shape index (κ1) is 20.1. The molecule has 0 aromatic heterocycles. The number of rotatable bonds is 4. The Hall–Kier alpha value is -1.21. The molecule has 0 spiro atoms. The van der Waals surface area contributed by atoms with Gasteiger partial charge in [-0.15, -0.1) is 0 Å². The van der Waals surface area contributed by atoms with E-state index in [9.17, 15) is 4.79 Å². The highest BCUT2D eigenvalue weighted by molar-refractivity contribution is 6.62. The number of likely N-dealkylation sites (N-methyl/N-ethyl adjacent to an activating group) is 1. The Morgan fingerprint density at radius 2 is 1.57 bits per heavy atom. The normalized spacial score (nSPS) is 31.8. The van der Waals surface area contributed by atoms with Crippen LogP contribution in [0.25, 0.3) is 0 Å². The summed E-state index contributed by atoms with van der Waals surface area (Å²) in [5.74, 6) is 0.506. The number of carbonyl (C=O) groups is 1. The predicted octanol–water partition coefficient (Wildman–Crippen LogP) is 2.21. The van der Waals surface area contributed by atoms with Gasteiger partial charge in [0.25, 0.3) is 0 Å². The number of piperidine rings is 1. The topological polar surface area (TPSA) is 48.0 Å². The molecule has 6 heteroatoms. The van der Waals surface area contributed by atoms with E-state index in [0.717, 1.165) is 37.1 Å². The summed E-state index contributed by atoms with van der Waals surface area (Å²) in [6.45, 7) is 9.73. The van der Waals surface area contributed by atoms with Gasteiger partial charge < -0.3 is 14.0 Å². The third-order valence-corrected chi connectivity index (χ3v) is 7.22. The van der Waals surface area contributed by atoms with E-state index in [0.29, 0.717) is 24.3 Å². The molecule has 0 amide bonds. The maximum Gasteiger partial charge on any atom is 0.494 e. The minimum Gasteiger partial charge on any atom is -0.399 e. The zero-order valence-electron chi connectivity index (χ0n) is 17.7. The van der Waals surface area contributed by atoms with E-state index in [1.165, 1.54) is 0 Å². The van der Waals surface area contributed by atoms with Gasteiger partial charge in [-0.25, -0.2) is 0 Å². The number of hydrogen-bond acceptors (Lipinski definition) is 5. The molecule has 2 bridgehead atoms. The fourth-order valence-corrected chi connectivity index (χ4v) is 4.48. The summed E-state index contributed by atoms with van der Waals surface area (Å²) in [7, 11) is 1.80. The van der Waals surface area contributed by atoms with E-state index < -0.39 is 0 Å². The predicted molar refractivity (Wildman–Crippen MR) is 110 cm³/mol. The highest BCUT2D eigenvalue weighted by Gasteiger charge is 2.51. The van der Waals surface area contributed by atoms with Gasteiger partial charge in [-0.05, 0) is 58.6 Å². The number of Topliss-reactive ketones (excluding diaryl/α,β-unsaturated/α-hetero) is 1. The van der Waals surface area contributed by atoms with Crippen LogP contribution in [0.1, 0.15) is 46.1 Å². The average Bonchev–Trinajstić information content (AvgIpc) is 2.83. The maximum atomic E-state index is 12.9. The van der Waals surface area contributed by atoms with Gasteiger partial charge in [0, 0.05) is 24.4 Å². The Labute approximate surface area is 168 Å². The van der Waals surface area contributed by atoms with Crippen molar-refractivity contribution >= 4 is 18.4 Å². The molecule has 28 heavy (non-hydrogen) atoms. The fourth-order valence-electron chi connectivity index (χ4n) is 4.48. The van der Waals surface area contributed by atoms with Gasteiger partial charge in [0.2, 0.25) is 0 Å². The SMILES string of the molecule is CN1C2COCC1CC(C(=O)Cc1ccc(B3OC(C)(C)C(C)(C)O3)cc1)C2. The van der Waals surface area contributed by atoms with E-state index in [2.05, 4.69) is 39.6 Å². The lowest BCUT2D eigenvalue weighted by Crippen LogP contribution is -2.55. The summed E-state index contributed by atoms with van der Waals surface area (Å²) < 4.78 is 17.9. The number of morpholine rings is 1. The van der Waals surface area contributed by atoms with E-state index in [-0.39, 0.29) is 24.2 Å². The van der Waals surface area contributed by atoms with Crippen molar-refractivity contribution in [3.8, 4) is 0 Å². The minimum absolute atomic E-state index is 0.151. The second-order valence-corrected chi connectivity index (χ2v) is 9.65. The Morgan fingerprint density at radius 3 is 2.11 bits per heavy atom. The van der Waals surface area contributed by atoms with Crippen LogP contribution in [0, 0.1) is 5.92 Å². The summed E-state index contributed by atoms with van der Waals surface area (Å²) >= 11 is 0. The second kappa shape index (κ2) is 7.24. The molecule has 0 saturated carbocycles. The smallest absolute Gasteiger partial charge is 0.399 e. The van der Waals surface area contributed by atoms with Gasteiger partial charge in [-0.1, -0.05) is 24.3 Å². The van der Waals surface area contributed by atoms with Crippen molar-refractivity contribution in [2.24, 2.45) is 5.92 Å². The lowest BCUT2D eigenvalue weighted by molar-refractivity contribution is -0.130. The first-order valence-corrected chi connectivity index (χ1v) is 10.4. The van der Waals surface area contributed by atoms with E-state index in [1.807, 2.05) is 24.3 Å². The lowest BCUT2D eigenvalue weighted by atomic mass is 9.78. The molecule has 0 aliphatic carbocycles. The average molecular weight is 385 g/mol. The molecule has 1 aromatic carbocycles. The Bertz CT molecular complexity index is 703. The number of hydrogen-bond donors (Lipinski definition) is 0. The number of carbonyl (C=O) groups excluding carboxylic acids is 1.